The molecule has 2 aromatic carbocycles. The normalized spacial score (nSPS) is 26.2. The predicted molar refractivity (Wildman–Crippen MR) is 141 cm³/mol. The fourth-order valence-corrected chi connectivity index (χ4v) is 8.74. The molecule has 7 rings (SSSR count). The Morgan fingerprint density at radius 3 is 2.33 bits per heavy atom. The van der Waals surface area contributed by atoms with Crippen molar-refractivity contribution in [1.29, 1.82) is 0 Å². The lowest BCUT2D eigenvalue weighted by atomic mass is 9.53. The molecule has 4 fully saturated rings. The van der Waals surface area contributed by atoms with E-state index in [-0.39, 0.29) is 22.6 Å². The molecule has 3 aromatic rings. The molecule has 0 aliphatic heterocycles. The molecule has 0 saturated heterocycles. The monoisotopic (exact) mass is 521 g/mol. The van der Waals surface area contributed by atoms with Crippen molar-refractivity contribution >= 4 is 56.8 Å². The minimum atomic E-state index is -1.15. The molecule has 186 valence electrons. The standard InChI is InChI=1S/C27H27N3O4S2/c31-23(30-27-11-15-7-16(12-27)9-17(8-15)13-27)14-35-26-29-21-6-5-18(10-22(21)36-26)28-24(32)19-3-1-2-4-20(19)25(33)34/h1-6,10,15-17H,7-9,11-14H2,(H,28,32)(H,30,31)(H,33,34). The van der Waals surface area contributed by atoms with Crippen molar-refractivity contribution in [3.05, 3.63) is 53.6 Å². The maximum Gasteiger partial charge on any atom is 0.336 e. The van der Waals surface area contributed by atoms with E-state index in [1.165, 1.54) is 54.5 Å². The molecule has 7 nitrogen and oxygen atoms in total. The number of anilines is 1. The van der Waals surface area contributed by atoms with E-state index in [0.29, 0.717) is 11.4 Å². The first kappa shape index (κ1) is 23.5. The van der Waals surface area contributed by atoms with Gasteiger partial charge < -0.3 is 15.7 Å². The highest BCUT2D eigenvalue weighted by molar-refractivity contribution is 8.01. The van der Waals surface area contributed by atoms with Crippen molar-refractivity contribution < 1.29 is 19.5 Å². The van der Waals surface area contributed by atoms with Crippen LogP contribution in [0.4, 0.5) is 5.69 Å². The van der Waals surface area contributed by atoms with Crippen LogP contribution in [0.15, 0.2) is 46.8 Å². The first-order valence-corrected chi connectivity index (χ1v) is 14.1. The number of nitrogens with zero attached hydrogens (tertiary/aromatic N) is 1. The number of hydrogen-bond donors (Lipinski definition) is 3. The molecule has 4 saturated carbocycles. The number of hydrogen-bond acceptors (Lipinski definition) is 6. The second-order valence-corrected chi connectivity index (χ2v) is 12.8. The summed E-state index contributed by atoms with van der Waals surface area (Å²) in [5.41, 5.74) is 1.45. The number of benzene rings is 2. The largest absolute Gasteiger partial charge is 0.478 e. The Morgan fingerprint density at radius 1 is 1.00 bits per heavy atom. The summed E-state index contributed by atoms with van der Waals surface area (Å²) in [6.45, 7) is 0. The van der Waals surface area contributed by atoms with Crippen LogP contribution in [0.2, 0.25) is 0 Å². The number of carboxylic acids is 1. The molecule has 3 N–H and O–H groups in total. The van der Waals surface area contributed by atoms with Crippen LogP contribution in [0.3, 0.4) is 0 Å². The minimum Gasteiger partial charge on any atom is -0.478 e. The van der Waals surface area contributed by atoms with Gasteiger partial charge in [-0.25, -0.2) is 9.78 Å². The Bertz CT molecular complexity index is 1330. The number of aromatic carboxylic acids is 1. The van der Waals surface area contributed by atoms with Gasteiger partial charge in [-0.1, -0.05) is 23.9 Å². The fraction of sp³-hybridized carbons (Fsp3) is 0.407. The van der Waals surface area contributed by atoms with Crippen molar-refractivity contribution in [3.63, 3.8) is 0 Å². The van der Waals surface area contributed by atoms with Crippen LogP contribution in [0.1, 0.15) is 59.2 Å². The Kier molecular flexibility index (Phi) is 6.00. The van der Waals surface area contributed by atoms with Gasteiger partial charge in [-0.05, 0) is 86.6 Å². The Morgan fingerprint density at radius 2 is 1.67 bits per heavy atom. The van der Waals surface area contributed by atoms with E-state index < -0.39 is 11.9 Å². The van der Waals surface area contributed by atoms with Gasteiger partial charge in [-0.3, -0.25) is 9.59 Å². The SMILES string of the molecule is O=C(CSc1nc2ccc(NC(=O)c3ccccc3C(=O)O)cc2s1)NC12CC3CC(CC(C3)C1)C2. The summed E-state index contributed by atoms with van der Waals surface area (Å²) in [5, 5.41) is 15.5. The van der Waals surface area contributed by atoms with Crippen molar-refractivity contribution in [2.45, 2.75) is 48.4 Å². The minimum absolute atomic E-state index is 0.0202. The van der Waals surface area contributed by atoms with Gasteiger partial charge in [-0.15, -0.1) is 11.3 Å². The van der Waals surface area contributed by atoms with Crippen molar-refractivity contribution in [2.24, 2.45) is 17.8 Å². The summed E-state index contributed by atoms with van der Waals surface area (Å²) < 4.78 is 1.70. The van der Waals surface area contributed by atoms with Gasteiger partial charge in [-0.2, -0.15) is 0 Å². The summed E-state index contributed by atoms with van der Waals surface area (Å²) in [7, 11) is 0. The highest BCUT2D eigenvalue weighted by Crippen LogP contribution is 2.55. The zero-order valence-electron chi connectivity index (χ0n) is 19.7. The van der Waals surface area contributed by atoms with Gasteiger partial charge in [0.2, 0.25) is 5.91 Å². The maximum absolute atomic E-state index is 12.9. The van der Waals surface area contributed by atoms with Crippen LogP contribution < -0.4 is 10.6 Å². The first-order chi connectivity index (χ1) is 17.4. The molecule has 1 aromatic heterocycles. The van der Waals surface area contributed by atoms with E-state index in [9.17, 15) is 19.5 Å². The van der Waals surface area contributed by atoms with E-state index in [2.05, 4.69) is 15.6 Å². The van der Waals surface area contributed by atoms with Gasteiger partial charge in [0.05, 0.1) is 27.1 Å². The third-order valence-electron chi connectivity index (χ3n) is 7.80. The van der Waals surface area contributed by atoms with E-state index in [0.717, 1.165) is 51.6 Å². The second-order valence-electron chi connectivity index (χ2n) is 10.5. The predicted octanol–water partition coefficient (Wildman–Crippen LogP) is 5.42. The van der Waals surface area contributed by atoms with E-state index in [4.69, 9.17) is 0 Å². The molecule has 0 spiro atoms. The topological polar surface area (TPSA) is 108 Å². The molecule has 2 amide bonds. The van der Waals surface area contributed by atoms with E-state index >= 15 is 0 Å². The summed E-state index contributed by atoms with van der Waals surface area (Å²) in [6, 6.07) is 11.5. The molecule has 0 unspecified atom stereocenters. The summed E-state index contributed by atoms with van der Waals surface area (Å²) in [4.78, 5) is 41.6. The molecular weight excluding hydrogens is 494 g/mol. The number of thiazole rings is 1. The molecule has 9 heteroatoms. The number of rotatable bonds is 7. The quantitative estimate of drug-likeness (QED) is 0.358. The fourth-order valence-electron chi connectivity index (χ4n) is 6.83. The Hall–Kier alpha value is -2.91. The third kappa shape index (κ3) is 4.62. The van der Waals surface area contributed by atoms with Crippen molar-refractivity contribution in [1.82, 2.24) is 10.3 Å². The van der Waals surface area contributed by atoms with Crippen molar-refractivity contribution in [2.75, 3.05) is 11.1 Å². The van der Waals surface area contributed by atoms with Gasteiger partial charge in [0, 0.05) is 11.2 Å². The number of carboxylic acid groups (broad SMARTS) is 1. The molecule has 0 radical (unpaired) electrons. The third-order valence-corrected chi connectivity index (χ3v) is 9.96. The molecule has 4 aliphatic carbocycles. The summed E-state index contributed by atoms with van der Waals surface area (Å²) in [6.07, 6.45) is 7.48. The number of thioether (sulfide) groups is 1. The smallest absolute Gasteiger partial charge is 0.336 e. The van der Waals surface area contributed by atoms with Gasteiger partial charge >= 0.3 is 5.97 Å². The van der Waals surface area contributed by atoms with Crippen LogP contribution in [0.25, 0.3) is 10.2 Å². The van der Waals surface area contributed by atoms with Gasteiger partial charge in [0.1, 0.15) is 0 Å². The lowest BCUT2D eigenvalue weighted by molar-refractivity contribution is -0.124. The van der Waals surface area contributed by atoms with E-state index in [1.54, 1.807) is 18.2 Å². The van der Waals surface area contributed by atoms with Crippen LogP contribution >= 0.6 is 23.1 Å². The summed E-state index contributed by atoms with van der Waals surface area (Å²) in [5.74, 6) is 1.19. The van der Waals surface area contributed by atoms with Crippen LogP contribution in [0.5, 0.6) is 0 Å². The lowest BCUT2D eigenvalue weighted by Gasteiger charge is -2.56. The maximum atomic E-state index is 12.9. The average molecular weight is 522 g/mol. The Balaban J connectivity index is 1.09. The van der Waals surface area contributed by atoms with E-state index in [1.807, 2.05) is 12.1 Å². The van der Waals surface area contributed by atoms with Gasteiger partial charge in [0.15, 0.2) is 4.34 Å². The van der Waals surface area contributed by atoms with Crippen LogP contribution in [-0.4, -0.2) is 39.2 Å². The number of nitrogens with one attached hydrogen (secondary N) is 2. The first-order valence-electron chi connectivity index (χ1n) is 12.3. The number of fused-ring (bicyclic) bond motifs is 1. The summed E-state index contributed by atoms with van der Waals surface area (Å²) >= 11 is 2.93. The molecule has 0 atom stereocenters. The average Bonchev–Trinajstić information content (AvgIpc) is 3.24. The zero-order chi connectivity index (χ0) is 24.9. The number of aromatic nitrogens is 1. The highest BCUT2D eigenvalue weighted by Gasteiger charge is 2.51. The van der Waals surface area contributed by atoms with Crippen molar-refractivity contribution in [3.8, 4) is 0 Å². The second kappa shape index (κ2) is 9.19. The van der Waals surface area contributed by atoms with Gasteiger partial charge in [0.25, 0.3) is 5.91 Å². The molecule has 36 heavy (non-hydrogen) atoms. The molecule has 4 bridgehead atoms. The van der Waals surface area contributed by atoms with Crippen LogP contribution in [0, 0.1) is 17.8 Å². The molecular formula is C27H27N3O4S2. The zero-order valence-corrected chi connectivity index (χ0v) is 21.3. The number of carbonyl (C=O) groups is 3. The molecule has 1 heterocycles. The number of carbonyl (C=O) groups excluding carboxylic acids is 2. The number of amides is 2. The molecule has 4 aliphatic rings. The Labute approximate surface area is 217 Å². The highest BCUT2D eigenvalue weighted by atomic mass is 32.2. The lowest BCUT2D eigenvalue weighted by Crippen LogP contribution is -2.60. The van der Waals surface area contributed by atoms with Crippen LogP contribution in [-0.2, 0) is 4.79 Å².